The molecule has 2 aliphatic rings. The molecule has 2 amide bonds. The summed E-state index contributed by atoms with van der Waals surface area (Å²) in [6.45, 7) is 7.02. The highest BCUT2D eigenvalue weighted by Crippen LogP contribution is 2.34. The van der Waals surface area contributed by atoms with E-state index in [1.54, 1.807) is 21.5 Å². The largest absolute Gasteiger partial charge is 0.489 e. The number of likely N-dealkylation sites (N-methyl/N-ethyl adjacent to an activating group) is 1. The van der Waals surface area contributed by atoms with Crippen molar-refractivity contribution in [2.45, 2.75) is 39.8 Å². The Balaban J connectivity index is 1.39. The molecule has 0 aliphatic carbocycles. The average Bonchev–Trinajstić information content (AvgIpc) is 3.13. The van der Waals surface area contributed by atoms with E-state index in [9.17, 15) is 9.59 Å². The molecule has 8 heteroatoms. The molecule has 3 aromatic rings. The van der Waals surface area contributed by atoms with Crippen molar-refractivity contribution in [1.82, 2.24) is 14.7 Å². The maximum absolute atomic E-state index is 13.6. The minimum absolute atomic E-state index is 0.0475. The lowest BCUT2D eigenvalue weighted by Crippen LogP contribution is -2.54. The number of nitrogens with zero attached hydrogens (tertiary/aromatic N) is 4. The van der Waals surface area contributed by atoms with Gasteiger partial charge in [-0.15, -0.1) is 0 Å². The maximum Gasteiger partial charge on any atom is 0.275 e. The maximum atomic E-state index is 13.6. The monoisotopic (exact) mass is 516 g/mol. The molecule has 190 valence electrons. The van der Waals surface area contributed by atoms with Gasteiger partial charge in [0.05, 0.1) is 12.2 Å². The number of ether oxygens (including phenoxy) is 1. The Morgan fingerprint density at radius 2 is 1.89 bits per heavy atom. The minimum Gasteiger partial charge on any atom is -0.489 e. The van der Waals surface area contributed by atoms with Crippen LogP contribution in [-0.2, 0) is 17.8 Å². The van der Waals surface area contributed by atoms with Crippen LogP contribution in [0.1, 0.15) is 48.0 Å². The summed E-state index contributed by atoms with van der Waals surface area (Å²) >= 11 is 6.62. The molecule has 37 heavy (non-hydrogen) atoms. The van der Waals surface area contributed by atoms with E-state index in [1.165, 1.54) is 0 Å². The van der Waals surface area contributed by atoms with Crippen LogP contribution in [0.25, 0.3) is 0 Å². The number of aromatic nitrogens is 2. The molecule has 0 spiro atoms. The summed E-state index contributed by atoms with van der Waals surface area (Å²) in [5.74, 6) is 6.44. The Bertz CT molecular complexity index is 1430. The number of anilines is 1. The minimum atomic E-state index is -0.778. The molecule has 7 nitrogen and oxygen atoms in total. The van der Waals surface area contributed by atoms with Crippen molar-refractivity contribution in [2.24, 2.45) is 5.41 Å². The molecule has 5 rings (SSSR count). The van der Waals surface area contributed by atoms with Gasteiger partial charge < -0.3 is 14.5 Å². The van der Waals surface area contributed by atoms with Crippen LogP contribution in [0, 0.1) is 17.3 Å². The van der Waals surface area contributed by atoms with Crippen LogP contribution >= 0.6 is 11.6 Å². The van der Waals surface area contributed by atoms with E-state index in [-0.39, 0.29) is 23.8 Å². The Morgan fingerprint density at radius 1 is 1.14 bits per heavy atom. The standard InChI is InChI=1S/C29H29ClN4O3/c1-29(2,3)14-12-19-10-11-22-24(16-19)37-18-23(27(35)32(22)4)33-15-13-21-25(28(33)36)31-34(26(21)30)17-20-8-6-5-7-9-20/h5-11,16,23H,13,15,17-18H2,1-4H3. The van der Waals surface area contributed by atoms with Crippen LogP contribution in [0.15, 0.2) is 48.5 Å². The van der Waals surface area contributed by atoms with E-state index in [2.05, 4.69) is 37.7 Å². The normalized spacial score (nSPS) is 17.4. The van der Waals surface area contributed by atoms with Crippen molar-refractivity contribution in [1.29, 1.82) is 0 Å². The third kappa shape index (κ3) is 4.94. The first-order chi connectivity index (χ1) is 17.6. The van der Waals surface area contributed by atoms with E-state index in [0.717, 1.165) is 16.7 Å². The lowest BCUT2D eigenvalue weighted by atomic mass is 9.97. The van der Waals surface area contributed by atoms with Gasteiger partial charge in [0, 0.05) is 30.1 Å². The number of carbonyl (C=O) groups excluding carboxylic acids is 2. The molecular weight excluding hydrogens is 488 g/mol. The van der Waals surface area contributed by atoms with Gasteiger partial charge >= 0.3 is 0 Å². The second-order valence-corrected chi connectivity index (χ2v) is 10.8. The van der Waals surface area contributed by atoms with Crippen molar-refractivity contribution in [3.63, 3.8) is 0 Å². The predicted molar refractivity (Wildman–Crippen MR) is 143 cm³/mol. The van der Waals surface area contributed by atoms with Gasteiger partial charge in [-0.3, -0.25) is 9.59 Å². The SMILES string of the molecule is CN1C(=O)C(N2CCc3c(nn(Cc4ccccc4)c3Cl)C2=O)COc2cc(C#CC(C)(C)C)ccc21. The molecule has 2 aliphatic heterocycles. The fraction of sp³-hybridized carbons (Fsp3) is 0.345. The summed E-state index contributed by atoms with van der Waals surface area (Å²) < 4.78 is 7.75. The Labute approximate surface area is 222 Å². The molecule has 3 heterocycles. The molecular formula is C29H29ClN4O3. The topological polar surface area (TPSA) is 67.7 Å². The summed E-state index contributed by atoms with van der Waals surface area (Å²) in [6.07, 6.45) is 0.516. The van der Waals surface area contributed by atoms with E-state index >= 15 is 0 Å². The second kappa shape index (κ2) is 9.60. The van der Waals surface area contributed by atoms with E-state index < -0.39 is 6.04 Å². The fourth-order valence-corrected chi connectivity index (χ4v) is 4.83. The quantitative estimate of drug-likeness (QED) is 0.484. The van der Waals surface area contributed by atoms with Crippen LogP contribution < -0.4 is 9.64 Å². The van der Waals surface area contributed by atoms with Crippen LogP contribution in [0.4, 0.5) is 5.69 Å². The summed E-state index contributed by atoms with van der Waals surface area (Å²) in [5, 5.41) is 5.00. The molecule has 0 bridgehead atoms. The summed E-state index contributed by atoms with van der Waals surface area (Å²) in [6, 6.07) is 14.6. The number of rotatable bonds is 3. The number of halogens is 1. The lowest BCUT2D eigenvalue weighted by Gasteiger charge is -2.33. The van der Waals surface area contributed by atoms with Crippen molar-refractivity contribution in [2.75, 3.05) is 25.1 Å². The molecule has 2 aromatic carbocycles. The van der Waals surface area contributed by atoms with E-state index in [1.807, 2.05) is 48.5 Å². The molecule has 0 N–H and O–H groups in total. The number of hydrogen-bond acceptors (Lipinski definition) is 4. The first-order valence-electron chi connectivity index (χ1n) is 12.3. The number of carbonyl (C=O) groups is 2. The number of hydrogen-bond donors (Lipinski definition) is 0. The van der Waals surface area contributed by atoms with Gasteiger partial charge in [-0.1, -0.05) is 53.8 Å². The summed E-state index contributed by atoms with van der Waals surface area (Å²) in [7, 11) is 1.70. The van der Waals surface area contributed by atoms with Gasteiger partial charge in [-0.05, 0) is 51.0 Å². The molecule has 1 atom stereocenters. The Hall–Kier alpha value is -3.76. The first-order valence-corrected chi connectivity index (χ1v) is 12.7. The zero-order valence-corrected chi connectivity index (χ0v) is 22.2. The molecule has 1 aromatic heterocycles. The number of amides is 2. The molecule has 0 saturated heterocycles. The highest BCUT2D eigenvalue weighted by molar-refractivity contribution is 6.31. The van der Waals surface area contributed by atoms with Gasteiger partial charge in [-0.25, -0.2) is 4.68 Å². The van der Waals surface area contributed by atoms with E-state index in [4.69, 9.17) is 16.3 Å². The Kier molecular flexibility index (Phi) is 6.47. The van der Waals surface area contributed by atoms with Crippen molar-refractivity contribution in [3.05, 3.63) is 76.1 Å². The van der Waals surface area contributed by atoms with Gasteiger partial charge in [0.15, 0.2) is 5.69 Å². The fourth-order valence-electron chi connectivity index (χ4n) is 4.55. The van der Waals surface area contributed by atoms with Crippen molar-refractivity contribution in [3.8, 4) is 17.6 Å². The zero-order chi connectivity index (χ0) is 26.3. The van der Waals surface area contributed by atoms with Gasteiger partial charge in [0.2, 0.25) is 0 Å². The summed E-state index contributed by atoms with van der Waals surface area (Å²) in [4.78, 5) is 30.2. The van der Waals surface area contributed by atoms with Crippen molar-refractivity contribution >= 4 is 29.1 Å². The lowest BCUT2D eigenvalue weighted by molar-refractivity contribution is -0.123. The highest BCUT2D eigenvalue weighted by Gasteiger charge is 2.40. The number of fused-ring (bicyclic) bond motifs is 2. The smallest absolute Gasteiger partial charge is 0.275 e. The third-order valence-corrected chi connectivity index (χ3v) is 6.94. The molecule has 1 unspecified atom stereocenters. The van der Waals surface area contributed by atoms with Crippen LogP contribution in [-0.4, -0.2) is 52.7 Å². The van der Waals surface area contributed by atoms with Gasteiger partial charge in [-0.2, -0.15) is 5.10 Å². The third-order valence-electron chi connectivity index (χ3n) is 6.52. The molecule has 0 fully saturated rings. The summed E-state index contributed by atoms with van der Waals surface area (Å²) in [5.41, 5.74) is 3.38. The van der Waals surface area contributed by atoms with E-state index in [0.29, 0.717) is 41.8 Å². The number of benzene rings is 2. The van der Waals surface area contributed by atoms with Crippen LogP contribution in [0.5, 0.6) is 5.75 Å². The average molecular weight is 517 g/mol. The Morgan fingerprint density at radius 3 is 2.62 bits per heavy atom. The van der Waals surface area contributed by atoms with Crippen LogP contribution in [0.3, 0.4) is 0 Å². The van der Waals surface area contributed by atoms with Gasteiger partial charge in [0.1, 0.15) is 23.6 Å². The zero-order valence-electron chi connectivity index (χ0n) is 21.4. The molecule has 0 saturated carbocycles. The van der Waals surface area contributed by atoms with Gasteiger partial charge in [0.25, 0.3) is 11.8 Å². The first kappa shape index (κ1) is 24.9. The predicted octanol–water partition coefficient (Wildman–Crippen LogP) is 4.40. The second-order valence-electron chi connectivity index (χ2n) is 10.4. The molecule has 0 radical (unpaired) electrons. The highest BCUT2D eigenvalue weighted by atomic mass is 35.5. The van der Waals surface area contributed by atoms with Crippen molar-refractivity contribution < 1.29 is 14.3 Å². The van der Waals surface area contributed by atoms with Crippen LogP contribution in [0.2, 0.25) is 5.15 Å².